The maximum Gasteiger partial charge on any atom is 0.0591 e. The van der Waals surface area contributed by atoms with Gasteiger partial charge in [-0.05, 0) is 12.3 Å². The van der Waals surface area contributed by atoms with Gasteiger partial charge >= 0.3 is 0 Å². The average molecular weight is 231 g/mol. The van der Waals surface area contributed by atoms with Gasteiger partial charge < -0.3 is 14.8 Å². The fourth-order valence-corrected chi connectivity index (χ4v) is 1.59. The monoisotopic (exact) mass is 231 g/mol. The van der Waals surface area contributed by atoms with Gasteiger partial charge in [0, 0.05) is 26.8 Å². The molecule has 0 heterocycles. The van der Waals surface area contributed by atoms with Crippen LogP contribution in [0, 0.1) is 5.92 Å². The van der Waals surface area contributed by atoms with E-state index >= 15 is 0 Å². The Morgan fingerprint density at radius 2 is 1.88 bits per heavy atom. The standard InChI is InChI=1S/C13H29NO2/c1-4-6-7-13(5-2)12-16-11-9-14-8-10-15-3/h13-14H,4-12H2,1-3H3. The molecule has 3 heteroatoms. The van der Waals surface area contributed by atoms with E-state index in [1.165, 1.54) is 25.7 Å². The normalized spacial score (nSPS) is 12.9. The fraction of sp³-hybridized carbons (Fsp3) is 1.00. The Hall–Kier alpha value is -0.120. The Labute approximate surface area is 101 Å². The molecule has 0 spiro atoms. The number of nitrogens with one attached hydrogen (secondary N) is 1. The molecule has 0 aliphatic rings. The van der Waals surface area contributed by atoms with Crippen molar-refractivity contribution in [3.63, 3.8) is 0 Å². The minimum Gasteiger partial charge on any atom is -0.383 e. The maximum absolute atomic E-state index is 5.66. The first kappa shape index (κ1) is 15.9. The van der Waals surface area contributed by atoms with Crippen LogP contribution in [0.15, 0.2) is 0 Å². The molecule has 0 aromatic heterocycles. The summed E-state index contributed by atoms with van der Waals surface area (Å²) in [5.41, 5.74) is 0. The van der Waals surface area contributed by atoms with Crippen LogP contribution in [0.4, 0.5) is 0 Å². The molecule has 16 heavy (non-hydrogen) atoms. The van der Waals surface area contributed by atoms with Gasteiger partial charge in [-0.2, -0.15) is 0 Å². The van der Waals surface area contributed by atoms with Crippen molar-refractivity contribution in [1.29, 1.82) is 0 Å². The minimum atomic E-state index is 0.749. The first-order valence-corrected chi connectivity index (χ1v) is 6.62. The highest BCUT2D eigenvalue weighted by atomic mass is 16.5. The third-order valence-corrected chi connectivity index (χ3v) is 2.80. The quantitative estimate of drug-likeness (QED) is 0.523. The number of rotatable bonds is 12. The topological polar surface area (TPSA) is 30.5 Å². The Kier molecular flexibility index (Phi) is 12.9. The lowest BCUT2D eigenvalue weighted by Crippen LogP contribution is -2.24. The number of hydrogen-bond acceptors (Lipinski definition) is 3. The van der Waals surface area contributed by atoms with E-state index in [0.29, 0.717) is 0 Å². The second kappa shape index (κ2) is 12.9. The SMILES string of the molecule is CCCCC(CC)COCCNCCOC. The van der Waals surface area contributed by atoms with Gasteiger partial charge in [-0.3, -0.25) is 0 Å². The van der Waals surface area contributed by atoms with E-state index in [2.05, 4.69) is 19.2 Å². The molecule has 0 rings (SSSR count). The van der Waals surface area contributed by atoms with E-state index < -0.39 is 0 Å². The molecule has 1 atom stereocenters. The molecule has 0 saturated heterocycles. The van der Waals surface area contributed by atoms with Gasteiger partial charge in [0.05, 0.1) is 13.2 Å². The molecular formula is C13H29NO2. The second-order valence-electron chi connectivity index (χ2n) is 4.23. The Morgan fingerprint density at radius 3 is 2.50 bits per heavy atom. The van der Waals surface area contributed by atoms with Crippen LogP contribution in [0.2, 0.25) is 0 Å². The van der Waals surface area contributed by atoms with Gasteiger partial charge in [0.2, 0.25) is 0 Å². The predicted molar refractivity (Wildman–Crippen MR) is 68.9 cm³/mol. The number of ether oxygens (including phenoxy) is 2. The highest BCUT2D eigenvalue weighted by Gasteiger charge is 2.05. The molecule has 98 valence electrons. The minimum absolute atomic E-state index is 0.749. The molecule has 1 unspecified atom stereocenters. The van der Waals surface area contributed by atoms with Crippen molar-refractivity contribution in [3.8, 4) is 0 Å². The summed E-state index contributed by atoms with van der Waals surface area (Å²) in [4.78, 5) is 0. The van der Waals surface area contributed by atoms with Crippen LogP contribution in [-0.2, 0) is 9.47 Å². The second-order valence-corrected chi connectivity index (χ2v) is 4.23. The summed E-state index contributed by atoms with van der Waals surface area (Å²) in [7, 11) is 1.72. The Bertz CT molecular complexity index is 131. The molecule has 0 saturated carbocycles. The van der Waals surface area contributed by atoms with Crippen LogP contribution in [-0.4, -0.2) is 40.0 Å². The van der Waals surface area contributed by atoms with E-state index in [1.54, 1.807) is 7.11 Å². The third kappa shape index (κ3) is 10.4. The molecule has 0 radical (unpaired) electrons. The molecule has 0 aliphatic carbocycles. The van der Waals surface area contributed by atoms with Crippen molar-refractivity contribution >= 4 is 0 Å². The van der Waals surface area contributed by atoms with Crippen LogP contribution in [0.3, 0.4) is 0 Å². The Morgan fingerprint density at radius 1 is 1.12 bits per heavy atom. The predicted octanol–water partition coefficient (Wildman–Crippen LogP) is 2.46. The van der Waals surface area contributed by atoms with E-state index in [0.717, 1.165) is 38.8 Å². The number of methoxy groups -OCH3 is 1. The summed E-state index contributed by atoms with van der Waals surface area (Å²) in [5.74, 6) is 0.749. The molecule has 0 bridgehead atoms. The van der Waals surface area contributed by atoms with E-state index in [4.69, 9.17) is 9.47 Å². The fourth-order valence-electron chi connectivity index (χ4n) is 1.59. The van der Waals surface area contributed by atoms with Crippen molar-refractivity contribution < 1.29 is 9.47 Å². The van der Waals surface area contributed by atoms with E-state index in [-0.39, 0.29) is 0 Å². The molecular weight excluding hydrogens is 202 g/mol. The van der Waals surface area contributed by atoms with Crippen LogP contribution in [0.1, 0.15) is 39.5 Å². The lowest BCUT2D eigenvalue weighted by atomic mass is 10.0. The van der Waals surface area contributed by atoms with Gasteiger partial charge in [-0.15, -0.1) is 0 Å². The van der Waals surface area contributed by atoms with Gasteiger partial charge in [-0.25, -0.2) is 0 Å². The van der Waals surface area contributed by atoms with E-state index in [1.807, 2.05) is 0 Å². The zero-order valence-corrected chi connectivity index (χ0v) is 11.3. The van der Waals surface area contributed by atoms with Gasteiger partial charge in [0.15, 0.2) is 0 Å². The van der Waals surface area contributed by atoms with Gasteiger partial charge in [0.25, 0.3) is 0 Å². The van der Waals surface area contributed by atoms with Gasteiger partial charge in [-0.1, -0.05) is 33.1 Å². The summed E-state index contributed by atoms with van der Waals surface area (Å²) in [6.07, 6.45) is 5.16. The first-order chi connectivity index (χ1) is 7.85. The van der Waals surface area contributed by atoms with Crippen molar-refractivity contribution in [3.05, 3.63) is 0 Å². The van der Waals surface area contributed by atoms with Crippen LogP contribution in [0.5, 0.6) is 0 Å². The maximum atomic E-state index is 5.66. The zero-order chi connectivity index (χ0) is 12.1. The largest absolute Gasteiger partial charge is 0.383 e. The Balaban J connectivity index is 3.20. The number of unbranched alkanes of at least 4 members (excludes halogenated alkanes) is 1. The average Bonchev–Trinajstić information content (AvgIpc) is 2.32. The highest BCUT2D eigenvalue weighted by molar-refractivity contribution is 4.56. The van der Waals surface area contributed by atoms with Gasteiger partial charge in [0.1, 0.15) is 0 Å². The molecule has 0 amide bonds. The van der Waals surface area contributed by atoms with Crippen LogP contribution in [0.25, 0.3) is 0 Å². The van der Waals surface area contributed by atoms with E-state index in [9.17, 15) is 0 Å². The van der Waals surface area contributed by atoms with Crippen LogP contribution >= 0.6 is 0 Å². The molecule has 0 aromatic carbocycles. The lowest BCUT2D eigenvalue weighted by molar-refractivity contribution is 0.0943. The zero-order valence-electron chi connectivity index (χ0n) is 11.3. The van der Waals surface area contributed by atoms with Crippen LogP contribution < -0.4 is 5.32 Å². The van der Waals surface area contributed by atoms with Crippen molar-refractivity contribution in [1.82, 2.24) is 5.32 Å². The highest BCUT2D eigenvalue weighted by Crippen LogP contribution is 2.12. The smallest absolute Gasteiger partial charge is 0.0591 e. The van der Waals surface area contributed by atoms with Crippen molar-refractivity contribution in [2.24, 2.45) is 5.92 Å². The molecule has 1 N–H and O–H groups in total. The molecule has 0 fully saturated rings. The summed E-state index contributed by atoms with van der Waals surface area (Å²) in [6.45, 7) is 8.83. The lowest BCUT2D eigenvalue weighted by Gasteiger charge is -2.14. The molecule has 0 aromatic rings. The number of hydrogen-bond donors (Lipinski definition) is 1. The van der Waals surface area contributed by atoms with Crippen molar-refractivity contribution in [2.75, 3.05) is 40.0 Å². The summed E-state index contributed by atoms with van der Waals surface area (Å²) in [5, 5.41) is 3.27. The molecule has 3 nitrogen and oxygen atoms in total. The molecule has 0 aliphatic heterocycles. The first-order valence-electron chi connectivity index (χ1n) is 6.62. The summed E-state index contributed by atoms with van der Waals surface area (Å²) < 4.78 is 10.6. The van der Waals surface area contributed by atoms with Crippen molar-refractivity contribution in [2.45, 2.75) is 39.5 Å². The summed E-state index contributed by atoms with van der Waals surface area (Å²) >= 11 is 0. The third-order valence-electron chi connectivity index (χ3n) is 2.80. The summed E-state index contributed by atoms with van der Waals surface area (Å²) in [6, 6.07) is 0.